The Morgan fingerprint density at radius 2 is 2.09 bits per heavy atom. The van der Waals surface area contributed by atoms with Gasteiger partial charge in [0.05, 0.1) is 23.4 Å². The number of ether oxygens (including phenoxy) is 1. The fraction of sp³-hybridized carbons (Fsp3) is 0.217. The standard InChI is InChI=1S/C23H23BN6O4/c1-13-18(30-9-3-7-16(19(25)31)22(30)27-13)21-28-20(17-8-4-10-34-23(17)29-21)26-12-14-5-2-6-15(11-14)24(32)33/h2-3,5-7,9,11,32-33H,4,8,10,12H2,1H3,(H2,25,31)(H,26,28,29). The summed E-state index contributed by atoms with van der Waals surface area (Å²) in [5.74, 6) is 0.998. The minimum absolute atomic E-state index is 0.315. The lowest BCUT2D eigenvalue weighted by Gasteiger charge is -2.20. The van der Waals surface area contributed by atoms with Crippen molar-refractivity contribution in [2.75, 3.05) is 11.9 Å². The number of anilines is 1. The van der Waals surface area contributed by atoms with E-state index in [9.17, 15) is 14.8 Å². The molecule has 1 aliphatic rings. The Morgan fingerprint density at radius 1 is 1.24 bits per heavy atom. The number of hydrogen-bond donors (Lipinski definition) is 4. The van der Waals surface area contributed by atoms with Gasteiger partial charge in [0.15, 0.2) is 5.82 Å². The molecule has 4 heterocycles. The van der Waals surface area contributed by atoms with Gasteiger partial charge in [-0.05, 0) is 42.9 Å². The van der Waals surface area contributed by atoms with Crippen molar-refractivity contribution in [3.05, 3.63) is 65.0 Å². The van der Waals surface area contributed by atoms with Gasteiger partial charge in [0.25, 0.3) is 5.91 Å². The van der Waals surface area contributed by atoms with Gasteiger partial charge in [-0.1, -0.05) is 24.3 Å². The van der Waals surface area contributed by atoms with Gasteiger partial charge in [0.1, 0.15) is 17.2 Å². The molecule has 0 saturated heterocycles. The Hall–Kier alpha value is -3.96. The minimum atomic E-state index is -1.53. The molecule has 0 saturated carbocycles. The number of fused-ring (bicyclic) bond motifs is 2. The lowest BCUT2D eigenvalue weighted by molar-refractivity contribution is 0.100. The molecule has 3 aromatic heterocycles. The molecule has 0 unspecified atom stereocenters. The zero-order valence-corrected chi connectivity index (χ0v) is 18.5. The van der Waals surface area contributed by atoms with Crippen LogP contribution in [-0.4, -0.2) is 49.0 Å². The maximum absolute atomic E-state index is 11.9. The molecule has 4 aromatic rings. The maximum atomic E-state index is 11.9. The van der Waals surface area contributed by atoms with Gasteiger partial charge in [-0.3, -0.25) is 9.20 Å². The van der Waals surface area contributed by atoms with Crippen molar-refractivity contribution < 1.29 is 19.6 Å². The summed E-state index contributed by atoms with van der Waals surface area (Å²) in [5.41, 5.74) is 9.76. The first kappa shape index (κ1) is 21.9. The molecule has 1 amide bonds. The summed E-state index contributed by atoms with van der Waals surface area (Å²) in [4.78, 5) is 25.9. The summed E-state index contributed by atoms with van der Waals surface area (Å²) in [6.07, 6.45) is 3.41. The van der Waals surface area contributed by atoms with Crippen molar-refractivity contribution in [3.8, 4) is 17.4 Å². The van der Waals surface area contributed by atoms with Crippen LogP contribution in [-0.2, 0) is 13.0 Å². The molecule has 0 fully saturated rings. The number of aromatic nitrogens is 4. The van der Waals surface area contributed by atoms with E-state index in [4.69, 9.17) is 15.5 Å². The van der Waals surface area contributed by atoms with E-state index in [2.05, 4.69) is 15.3 Å². The number of hydrogen-bond acceptors (Lipinski definition) is 8. The quantitative estimate of drug-likeness (QED) is 0.311. The van der Waals surface area contributed by atoms with E-state index in [1.807, 2.05) is 13.0 Å². The van der Waals surface area contributed by atoms with Crippen molar-refractivity contribution in [2.24, 2.45) is 5.73 Å². The number of primary amides is 1. The number of imidazole rings is 1. The number of carbonyl (C=O) groups is 1. The molecular formula is C23H23BN6O4. The summed E-state index contributed by atoms with van der Waals surface area (Å²) in [5, 5.41) is 22.3. The zero-order valence-electron chi connectivity index (χ0n) is 18.5. The molecule has 0 spiro atoms. The summed E-state index contributed by atoms with van der Waals surface area (Å²) in [7, 11) is -1.53. The Balaban J connectivity index is 1.57. The normalized spacial score (nSPS) is 12.8. The molecule has 0 aliphatic carbocycles. The van der Waals surface area contributed by atoms with Crippen molar-refractivity contribution in [1.82, 2.24) is 19.4 Å². The molecule has 1 aromatic carbocycles. The van der Waals surface area contributed by atoms with Gasteiger partial charge in [0.2, 0.25) is 5.88 Å². The van der Waals surface area contributed by atoms with Crippen LogP contribution in [0.2, 0.25) is 0 Å². The fourth-order valence-corrected chi connectivity index (χ4v) is 4.17. The maximum Gasteiger partial charge on any atom is 0.488 e. The number of nitrogens with one attached hydrogen (secondary N) is 1. The third-order valence-corrected chi connectivity index (χ3v) is 5.79. The number of nitrogens with zero attached hydrogens (tertiary/aromatic N) is 4. The minimum Gasteiger partial charge on any atom is -0.477 e. The number of aryl methyl sites for hydroxylation is 1. The molecule has 10 nitrogen and oxygen atoms in total. The number of nitrogens with two attached hydrogens (primary N) is 1. The van der Waals surface area contributed by atoms with Gasteiger partial charge in [-0.2, -0.15) is 4.98 Å². The SMILES string of the molecule is Cc1nc2c(C(N)=O)cccn2c1-c1nc(NCc2cccc(B(O)O)c2)c2c(n1)OCCC2. The topological polar surface area (TPSA) is 148 Å². The second kappa shape index (κ2) is 8.77. The van der Waals surface area contributed by atoms with E-state index in [0.29, 0.717) is 58.7 Å². The molecule has 0 radical (unpaired) electrons. The molecule has 1 aliphatic heterocycles. The third kappa shape index (κ3) is 3.95. The number of benzene rings is 1. The third-order valence-electron chi connectivity index (χ3n) is 5.79. The predicted octanol–water partition coefficient (Wildman–Crippen LogP) is 0.816. The van der Waals surface area contributed by atoms with Gasteiger partial charge in [-0.15, -0.1) is 0 Å². The molecule has 0 bridgehead atoms. The Kier molecular flexibility index (Phi) is 5.64. The van der Waals surface area contributed by atoms with Gasteiger partial charge < -0.3 is 25.8 Å². The number of rotatable bonds is 6. The fourth-order valence-electron chi connectivity index (χ4n) is 4.17. The largest absolute Gasteiger partial charge is 0.488 e. The van der Waals surface area contributed by atoms with Crippen LogP contribution in [0, 0.1) is 6.92 Å². The van der Waals surface area contributed by atoms with E-state index in [-0.39, 0.29) is 0 Å². The van der Waals surface area contributed by atoms with Gasteiger partial charge in [0, 0.05) is 12.7 Å². The molecule has 5 N–H and O–H groups in total. The van der Waals surface area contributed by atoms with E-state index < -0.39 is 13.0 Å². The Labute approximate surface area is 195 Å². The summed E-state index contributed by atoms with van der Waals surface area (Å²) in [6, 6.07) is 10.4. The lowest BCUT2D eigenvalue weighted by atomic mass is 9.79. The molecule has 0 atom stereocenters. The van der Waals surface area contributed by atoms with Crippen molar-refractivity contribution >= 4 is 30.0 Å². The van der Waals surface area contributed by atoms with Gasteiger partial charge >= 0.3 is 7.12 Å². The monoisotopic (exact) mass is 458 g/mol. The van der Waals surface area contributed by atoms with Crippen LogP contribution < -0.4 is 21.3 Å². The Bertz CT molecular complexity index is 1400. The summed E-state index contributed by atoms with van der Waals surface area (Å²) < 4.78 is 7.62. The van der Waals surface area contributed by atoms with E-state index >= 15 is 0 Å². The highest BCUT2D eigenvalue weighted by molar-refractivity contribution is 6.58. The number of pyridine rings is 1. The second-order valence-electron chi connectivity index (χ2n) is 8.13. The predicted molar refractivity (Wildman–Crippen MR) is 127 cm³/mol. The van der Waals surface area contributed by atoms with Crippen LogP contribution >= 0.6 is 0 Å². The van der Waals surface area contributed by atoms with E-state index in [1.165, 1.54) is 0 Å². The van der Waals surface area contributed by atoms with E-state index in [0.717, 1.165) is 24.0 Å². The van der Waals surface area contributed by atoms with Crippen LogP contribution in [0.25, 0.3) is 17.2 Å². The van der Waals surface area contributed by atoms with Crippen LogP contribution in [0.3, 0.4) is 0 Å². The van der Waals surface area contributed by atoms with Crippen molar-refractivity contribution in [3.63, 3.8) is 0 Å². The van der Waals surface area contributed by atoms with Crippen LogP contribution in [0.1, 0.15) is 33.6 Å². The molecule has 172 valence electrons. The second-order valence-corrected chi connectivity index (χ2v) is 8.13. The average Bonchev–Trinajstić information content (AvgIpc) is 3.18. The summed E-state index contributed by atoms with van der Waals surface area (Å²) >= 11 is 0. The first-order valence-corrected chi connectivity index (χ1v) is 10.9. The lowest BCUT2D eigenvalue weighted by Crippen LogP contribution is -2.30. The number of carbonyl (C=O) groups excluding carboxylic acids is 1. The molecular weight excluding hydrogens is 435 g/mol. The highest BCUT2D eigenvalue weighted by Gasteiger charge is 2.24. The average molecular weight is 458 g/mol. The van der Waals surface area contributed by atoms with Crippen LogP contribution in [0.5, 0.6) is 5.88 Å². The molecule has 34 heavy (non-hydrogen) atoms. The molecule has 5 rings (SSSR count). The first-order valence-electron chi connectivity index (χ1n) is 10.9. The molecule has 11 heteroatoms. The van der Waals surface area contributed by atoms with Gasteiger partial charge in [-0.25, -0.2) is 9.97 Å². The smallest absolute Gasteiger partial charge is 0.477 e. The van der Waals surface area contributed by atoms with Crippen molar-refractivity contribution in [2.45, 2.75) is 26.3 Å². The van der Waals surface area contributed by atoms with Crippen LogP contribution in [0.4, 0.5) is 5.82 Å². The van der Waals surface area contributed by atoms with Crippen molar-refractivity contribution in [1.29, 1.82) is 0 Å². The zero-order chi connectivity index (χ0) is 23.8. The van der Waals surface area contributed by atoms with Crippen LogP contribution in [0.15, 0.2) is 42.6 Å². The first-order chi connectivity index (χ1) is 16.4. The number of amides is 1. The highest BCUT2D eigenvalue weighted by Crippen LogP contribution is 2.33. The Morgan fingerprint density at radius 3 is 2.88 bits per heavy atom. The summed E-state index contributed by atoms with van der Waals surface area (Å²) in [6.45, 7) is 2.81. The van der Waals surface area contributed by atoms with E-state index in [1.54, 1.807) is 40.9 Å². The highest BCUT2D eigenvalue weighted by atomic mass is 16.5.